The second-order valence-electron chi connectivity index (χ2n) is 6.02. The van der Waals surface area contributed by atoms with Crippen molar-refractivity contribution in [3.05, 3.63) is 22.6 Å². The summed E-state index contributed by atoms with van der Waals surface area (Å²) < 4.78 is 6.98. The molecule has 1 atom stereocenters. The van der Waals surface area contributed by atoms with Gasteiger partial charge in [0.2, 0.25) is 0 Å². The van der Waals surface area contributed by atoms with Crippen molar-refractivity contribution in [2.24, 2.45) is 5.92 Å². The van der Waals surface area contributed by atoms with Crippen LogP contribution in [-0.2, 0) is 11.3 Å². The zero-order valence-electron chi connectivity index (χ0n) is 12.6. The number of anilines is 1. The lowest BCUT2D eigenvalue weighted by atomic mass is 10.1. The van der Waals surface area contributed by atoms with Crippen molar-refractivity contribution in [2.45, 2.75) is 31.9 Å². The van der Waals surface area contributed by atoms with Crippen molar-refractivity contribution in [1.82, 2.24) is 15.1 Å². The van der Waals surface area contributed by atoms with E-state index < -0.39 is 0 Å². The standard InChI is InChI=1S/C15H24N4O2/c1-21-14-3-6-18(7-4-14)13-8-15(20)19(17-10-13)11-12-2-5-16-9-12/h8,10,12,14,16H,2-7,9,11H2,1H3. The fourth-order valence-electron chi connectivity index (χ4n) is 3.20. The Hall–Kier alpha value is -1.40. The van der Waals surface area contributed by atoms with Crippen LogP contribution < -0.4 is 15.8 Å². The molecule has 0 amide bonds. The summed E-state index contributed by atoms with van der Waals surface area (Å²) in [5.41, 5.74) is 0.948. The molecule has 2 aliphatic rings. The van der Waals surface area contributed by atoms with Crippen LogP contribution in [0.25, 0.3) is 0 Å². The minimum Gasteiger partial charge on any atom is -0.381 e. The molecule has 21 heavy (non-hydrogen) atoms. The van der Waals surface area contributed by atoms with E-state index in [0.29, 0.717) is 12.0 Å². The summed E-state index contributed by atoms with van der Waals surface area (Å²) in [5.74, 6) is 0.526. The van der Waals surface area contributed by atoms with E-state index in [4.69, 9.17) is 4.74 Å². The number of aromatic nitrogens is 2. The summed E-state index contributed by atoms with van der Waals surface area (Å²) in [7, 11) is 1.76. The molecule has 1 aromatic heterocycles. The molecule has 2 aliphatic heterocycles. The van der Waals surface area contributed by atoms with Crippen LogP contribution in [-0.4, -0.2) is 49.2 Å². The minimum atomic E-state index is 0.00765. The first-order chi connectivity index (χ1) is 10.3. The van der Waals surface area contributed by atoms with Gasteiger partial charge in [-0.25, -0.2) is 4.68 Å². The van der Waals surface area contributed by atoms with E-state index in [9.17, 15) is 4.79 Å². The van der Waals surface area contributed by atoms with Gasteiger partial charge in [0.05, 0.1) is 18.0 Å². The molecule has 0 spiro atoms. The molecular formula is C15H24N4O2. The number of hydrogen-bond donors (Lipinski definition) is 1. The quantitative estimate of drug-likeness (QED) is 0.874. The van der Waals surface area contributed by atoms with Crippen LogP contribution in [0.5, 0.6) is 0 Å². The van der Waals surface area contributed by atoms with Crippen LogP contribution in [0, 0.1) is 5.92 Å². The third-order valence-corrected chi connectivity index (χ3v) is 4.59. The van der Waals surface area contributed by atoms with Gasteiger partial charge in [0.15, 0.2) is 0 Å². The van der Waals surface area contributed by atoms with Crippen molar-refractivity contribution in [2.75, 3.05) is 38.2 Å². The summed E-state index contributed by atoms with van der Waals surface area (Å²) >= 11 is 0. The van der Waals surface area contributed by atoms with Crippen LogP contribution in [0.1, 0.15) is 19.3 Å². The number of hydrogen-bond acceptors (Lipinski definition) is 5. The SMILES string of the molecule is COC1CCN(c2cnn(CC3CCNC3)c(=O)c2)CC1. The maximum atomic E-state index is 12.2. The molecule has 116 valence electrons. The molecule has 2 fully saturated rings. The molecule has 3 heterocycles. The van der Waals surface area contributed by atoms with E-state index in [2.05, 4.69) is 15.3 Å². The number of nitrogens with one attached hydrogen (secondary N) is 1. The molecule has 0 saturated carbocycles. The minimum absolute atomic E-state index is 0.00765. The smallest absolute Gasteiger partial charge is 0.268 e. The highest BCUT2D eigenvalue weighted by Crippen LogP contribution is 2.19. The van der Waals surface area contributed by atoms with Crippen LogP contribution in [0.4, 0.5) is 5.69 Å². The zero-order valence-corrected chi connectivity index (χ0v) is 12.6. The maximum Gasteiger partial charge on any atom is 0.268 e. The Labute approximate surface area is 125 Å². The van der Waals surface area contributed by atoms with Gasteiger partial charge >= 0.3 is 0 Å². The topological polar surface area (TPSA) is 59.4 Å². The predicted octanol–water partition coefficient (Wildman–Crippen LogP) is 0.468. The van der Waals surface area contributed by atoms with Crippen molar-refractivity contribution in [3.8, 4) is 0 Å². The molecule has 0 bridgehead atoms. The lowest BCUT2D eigenvalue weighted by molar-refractivity contribution is 0.0819. The van der Waals surface area contributed by atoms with Crippen molar-refractivity contribution >= 4 is 5.69 Å². The Balaban J connectivity index is 1.65. The van der Waals surface area contributed by atoms with Crippen molar-refractivity contribution < 1.29 is 4.74 Å². The Morgan fingerprint density at radius 3 is 2.81 bits per heavy atom. The second-order valence-corrected chi connectivity index (χ2v) is 6.02. The molecule has 0 radical (unpaired) electrons. The van der Waals surface area contributed by atoms with E-state index >= 15 is 0 Å². The summed E-state index contributed by atoms with van der Waals surface area (Å²) in [6.45, 7) is 4.61. The highest BCUT2D eigenvalue weighted by atomic mass is 16.5. The molecule has 3 rings (SSSR count). The average molecular weight is 292 g/mol. The number of nitrogens with zero attached hydrogens (tertiary/aromatic N) is 3. The van der Waals surface area contributed by atoms with E-state index in [1.807, 2.05) is 6.20 Å². The van der Waals surface area contributed by atoms with Crippen LogP contribution in [0.2, 0.25) is 0 Å². The molecule has 1 aromatic rings. The van der Waals surface area contributed by atoms with Crippen LogP contribution in [0.15, 0.2) is 17.1 Å². The fraction of sp³-hybridized carbons (Fsp3) is 0.733. The molecule has 1 unspecified atom stereocenters. The summed E-state index contributed by atoms with van der Waals surface area (Å²) in [6.07, 6.45) is 5.32. The van der Waals surface area contributed by atoms with Gasteiger partial charge in [0, 0.05) is 32.8 Å². The van der Waals surface area contributed by atoms with Crippen molar-refractivity contribution in [1.29, 1.82) is 0 Å². The second kappa shape index (κ2) is 6.58. The van der Waals surface area contributed by atoms with Gasteiger partial charge in [-0.1, -0.05) is 0 Å². The van der Waals surface area contributed by atoms with Gasteiger partial charge in [-0.3, -0.25) is 4.79 Å². The summed E-state index contributed by atoms with van der Waals surface area (Å²) in [4.78, 5) is 14.4. The number of rotatable bonds is 4. The highest BCUT2D eigenvalue weighted by Gasteiger charge is 2.20. The third kappa shape index (κ3) is 3.44. The Morgan fingerprint density at radius 2 is 2.19 bits per heavy atom. The summed E-state index contributed by atoms with van der Waals surface area (Å²) in [5, 5.41) is 7.68. The van der Waals surface area contributed by atoms with E-state index in [-0.39, 0.29) is 5.56 Å². The van der Waals surface area contributed by atoms with E-state index in [0.717, 1.165) is 57.7 Å². The highest BCUT2D eigenvalue weighted by molar-refractivity contribution is 5.43. The van der Waals surface area contributed by atoms with E-state index in [1.165, 1.54) is 0 Å². The lowest BCUT2D eigenvalue weighted by Crippen LogP contribution is -2.38. The van der Waals surface area contributed by atoms with Gasteiger partial charge in [-0.2, -0.15) is 5.10 Å². The molecule has 2 saturated heterocycles. The Morgan fingerprint density at radius 1 is 1.38 bits per heavy atom. The first kappa shape index (κ1) is 14.5. The summed E-state index contributed by atoms with van der Waals surface area (Å²) in [6, 6.07) is 1.72. The van der Waals surface area contributed by atoms with Crippen LogP contribution >= 0.6 is 0 Å². The molecular weight excluding hydrogens is 268 g/mol. The predicted molar refractivity (Wildman–Crippen MR) is 81.7 cm³/mol. The third-order valence-electron chi connectivity index (χ3n) is 4.59. The molecule has 1 N–H and O–H groups in total. The average Bonchev–Trinajstić information content (AvgIpc) is 3.02. The maximum absolute atomic E-state index is 12.2. The van der Waals surface area contributed by atoms with Gasteiger partial charge in [-0.15, -0.1) is 0 Å². The Bertz CT molecular complexity index is 517. The van der Waals surface area contributed by atoms with Gasteiger partial charge in [-0.05, 0) is 38.3 Å². The fourth-order valence-corrected chi connectivity index (χ4v) is 3.20. The zero-order chi connectivity index (χ0) is 14.7. The molecule has 0 aromatic carbocycles. The molecule has 0 aliphatic carbocycles. The first-order valence-electron chi connectivity index (χ1n) is 7.82. The number of piperidine rings is 1. The van der Waals surface area contributed by atoms with Gasteiger partial charge in [0.1, 0.15) is 0 Å². The lowest BCUT2D eigenvalue weighted by Gasteiger charge is -2.32. The number of ether oxygens (including phenoxy) is 1. The normalized spacial score (nSPS) is 23.7. The number of methoxy groups -OCH3 is 1. The van der Waals surface area contributed by atoms with Crippen LogP contribution in [0.3, 0.4) is 0 Å². The molecule has 6 heteroatoms. The van der Waals surface area contributed by atoms with Crippen molar-refractivity contribution in [3.63, 3.8) is 0 Å². The first-order valence-corrected chi connectivity index (χ1v) is 7.82. The molecule has 6 nitrogen and oxygen atoms in total. The van der Waals surface area contributed by atoms with E-state index in [1.54, 1.807) is 17.9 Å². The Kier molecular flexibility index (Phi) is 4.55. The monoisotopic (exact) mass is 292 g/mol. The van der Waals surface area contributed by atoms with Gasteiger partial charge < -0.3 is 15.0 Å². The van der Waals surface area contributed by atoms with Gasteiger partial charge in [0.25, 0.3) is 5.56 Å². The largest absolute Gasteiger partial charge is 0.381 e.